The van der Waals surface area contributed by atoms with E-state index in [4.69, 9.17) is 4.74 Å². The van der Waals surface area contributed by atoms with Crippen molar-refractivity contribution in [2.45, 2.75) is 19.4 Å². The molecule has 1 saturated heterocycles. The summed E-state index contributed by atoms with van der Waals surface area (Å²) in [6.45, 7) is 2.61. The first-order valence-corrected chi connectivity index (χ1v) is 3.15. The van der Waals surface area contributed by atoms with E-state index in [1.807, 2.05) is 6.92 Å². The van der Waals surface area contributed by atoms with Gasteiger partial charge in [-0.3, -0.25) is 0 Å². The van der Waals surface area contributed by atoms with Crippen molar-refractivity contribution in [2.75, 3.05) is 13.7 Å². The van der Waals surface area contributed by atoms with Crippen molar-refractivity contribution < 1.29 is 9.53 Å². The molecular weight excluding hydrogens is 118 g/mol. The first-order chi connectivity index (χ1) is 4.25. The molecule has 1 rings (SSSR count). The van der Waals surface area contributed by atoms with Crippen LogP contribution in [0.4, 0.5) is 4.79 Å². The third kappa shape index (κ3) is 0.992. The zero-order valence-corrected chi connectivity index (χ0v) is 5.76. The van der Waals surface area contributed by atoms with E-state index in [9.17, 15) is 4.79 Å². The van der Waals surface area contributed by atoms with Crippen LogP contribution in [0.1, 0.15) is 13.3 Å². The van der Waals surface area contributed by atoms with Crippen LogP contribution in [0, 0.1) is 0 Å². The second-order valence-corrected chi connectivity index (χ2v) is 2.25. The summed E-state index contributed by atoms with van der Waals surface area (Å²) in [5.41, 5.74) is 0. The van der Waals surface area contributed by atoms with Gasteiger partial charge in [-0.2, -0.15) is 0 Å². The van der Waals surface area contributed by atoms with Crippen molar-refractivity contribution >= 4 is 6.09 Å². The van der Waals surface area contributed by atoms with Crippen LogP contribution in [-0.2, 0) is 4.74 Å². The molecule has 3 heteroatoms. The summed E-state index contributed by atoms with van der Waals surface area (Å²) in [6.07, 6.45) is 0.782. The smallest absolute Gasteiger partial charge is 0.409 e. The summed E-state index contributed by atoms with van der Waals surface area (Å²) in [7, 11) is 1.77. The van der Waals surface area contributed by atoms with E-state index >= 15 is 0 Å². The monoisotopic (exact) mass is 129 g/mol. The summed E-state index contributed by atoms with van der Waals surface area (Å²) in [5, 5.41) is 0. The van der Waals surface area contributed by atoms with Crippen molar-refractivity contribution in [3.05, 3.63) is 0 Å². The Balaban J connectivity index is 2.51. The molecule has 0 N–H and O–H groups in total. The molecule has 0 radical (unpaired) electrons. The zero-order valence-electron chi connectivity index (χ0n) is 5.76. The van der Waals surface area contributed by atoms with Gasteiger partial charge in [0.2, 0.25) is 0 Å². The average molecular weight is 129 g/mol. The van der Waals surface area contributed by atoms with Gasteiger partial charge in [-0.05, 0) is 6.42 Å². The Hall–Kier alpha value is -0.730. The molecule has 0 aromatic carbocycles. The number of carbonyl (C=O) groups is 1. The van der Waals surface area contributed by atoms with Crippen LogP contribution in [0.25, 0.3) is 0 Å². The number of likely N-dealkylation sites (N-methyl/N-ethyl adjacent to an activating group) is 1. The highest BCUT2D eigenvalue weighted by molar-refractivity contribution is 5.69. The van der Waals surface area contributed by atoms with Crippen LogP contribution in [-0.4, -0.2) is 30.7 Å². The van der Waals surface area contributed by atoms with Gasteiger partial charge < -0.3 is 9.64 Å². The summed E-state index contributed by atoms with van der Waals surface area (Å²) < 4.78 is 4.76. The maximum Gasteiger partial charge on any atom is 0.409 e. The van der Waals surface area contributed by atoms with Crippen LogP contribution in [0.15, 0.2) is 0 Å². The minimum Gasteiger partial charge on any atom is -0.447 e. The fourth-order valence-electron chi connectivity index (χ4n) is 0.922. The molecule has 1 aliphatic rings. The Morgan fingerprint density at radius 3 is 2.78 bits per heavy atom. The Morgan fingerprint density at radius 1 is 1.89 bits per heavy atom. The van der Waals surface area contributed by atoms with E-state index in [-0.39, 0.29) is 6.09 Å². The third-order valence-corrected chi connectivity index (χ3v) is 1.71. The minimum absolute atomic E-state index is 0.193. The normalized spacial score (nSPS) is 26.7. The maximum atomic E-state index is 10.6. The summed E-state index contributed by atoms with van der Waals surface area (Å²) in [4.78, 5) is 12.3. The summed E-state index contributed by atoms with van der Waals surface area (Å²) in [6, 6.07) is 0.303. The predicted octanol–water partition coefficient (Wildman–Crippen LogP) is 0.847. The molecule has 1 amide bonds. The second-order valence-electron chi connectivity index (χ2n) is 2.25. The van der Waals surface area contributed by atoms with Crippen LogP contribution in [0.3, 0.4) is 0 Å². The van der Waals surface area contributed by atoms with E-state index in [0.29, 0.717) is 12.6 Å². The summed E-state index contributed by atoms with van der Waals surface area (Å²) in [5.74, 6) is 0. The van der Waals surface area contributed by atoms with Gasteiger partial charge in [0.1, 0.15) is 6.61 Å². The third-order valence-electron chi connectivity index (χ3n) is 1.71. The number of rotatable bonds is 1. The highest BCUT2D eigenvalue weighted by Crippen LogP contribution is 2.11. The van der Waals surface area contributed by atoms with E-state index < -0.39 is 0 Å². The molecule has 0 aromatic heterocycles. The van der Waals surface area contributed by atoms with Crippen LogP contribution in [0.5, 0.6) is 0 Å². The van der Waals surface area contributed by atoms with Gasteiger partial charge >= 0.3 is 6.09 Å². The lowest BCUT2D eigenvalue weighted by atomic mass is 10.2. The average Bonchev–Trinajstić information content (AvgIpc) is 2.15. The Bertz CT molecular complexity index is 124. The molecule has 0 saturated carbocycles. The number of ether oxygens (including phenoxy) is 1. The molecular formula is C6H11NO2. The SMILES string of the molecule is CC[C@@H]1COC(=O)N1C. The van der Waals surface area contributed by atoms with Gasteiger partial charge in [0.15, 0.2) is 0 Å². The van der Waals surface area contributed by atoms with Crippen molar-refractivity contribution in [1.82, 2.24) is 4.90 Å². The van der Waals surface area contributed by atoms with Crippen molar-refractivity contribution in [3.8, 4) is 0 Å². The van der Waals surface area contributed by atoms with Crippen molar-refractivity contribution in [2.24, 2.45) is 0 Å². The molecule has 0 aromatic rings. The number of hydrogen-bond acceptors (Lipinski definition) is 2. The number of hydrogen-bond donors (Lipinski definition) is 0. The largest absolute Gasteiger partial charge is 0.447 e. The van der Waals surface area contributed by atoms with Gasteiger partial charge in [-0.15, -0.1) is 0 Å². The standard InChI is InChI=1S/C6H11NO2/c1-3-5-4-9-6(8)7(5)2/h5H,3-4H2,1-2H3/t5-/m1/s1. The fraction of sp³-hybridized carbons (Fsp3) is 0.833. The number of nitrogens with zero attached hydrogens (tertiary/aromatic N) is 1. The molecule has 3 nitrogen and oxygen atoms in total. The van der Waals surface area contributed by atoms with Gasteiger partial charge in [-0.1, -0.05) is 6.92 Å². The van der Waals surface area contributed by atoms with Crippen molar-refractivity contribution in [3.63, 3.8) is 0 Å². The lowest BCUT2D eigenvalue weighted by molar-refractivity contribution is 0.163. The lowest BCUT2D eigenvalue weighted by Gasteiger charge is -2.12. The molecule has 1 heterocycles. The molecule has 1 atom stereocenters. The van der Waals surface area contributed by atoms with Crippen molar-refractivity contribution in [1.29, 1.82) is 0 Å². The Kier molecular flexibility index (Phi) is 1.60. The predicted molar refractivity (Wildman–Crippen MR) is 33.2 cm³/mol. The van der Waals surface area contributed by atoms with Crippen LogP contribution < -0.4 is 0 Å². The van der Waals surface area contributed by atoms with E-state index in [0.717, 1.165) is 6.42 Å². The lowest BCUT2D eigenvalue weighted by Crippen LogP contribution is -2.28. The number of cyclic esters (lactones) is 1. The molecule has 0 aliphatic carbocycles. The zero-order chi connectivity index (χ0) is 6.85. The Morgan fingerprint density at radius 2 is 2.56 bits per heavy atom. The fourth-order valence-corrected chi connectivity index (χ4v) is 0.922. The Labute approximate surface area is 54.6 Å². The van der Waals surface area contributed by atoms with Gasteiger partial charge in [-0.25, -0.2) is 4.79 Å². The first-order valence-electron chi connectivity index (χ1n) is 3.15. The van der Waals surface area contributed by atoms with Crippen LogP contribution in [0.2, 0.25) is 0 Å². The maximum absolute atomic E-state index is 10.6. The molecule has 0 spiro atoms. The molecule has 9 heavy (non-hydrogen) atoms. The second kappa shape index (κ2) is 2.25. The van der Waals surface area contributed by atoms with Gasteiger partial charge in [0, 0.05) is 7.05 Å². The first kappa shape index (κ1) is 6.39. The minimum atomic E-state index is -0.193. The van der Waals surface area contributed by atoms with Crippen LogP contribution >= 0.6 is 0 Å². The van der Waals surface area contributed by atoms with E-state index in [1.165, 1.54) is 0 Å². The van der Waals surface area contributed by atoms with Gasteiger partial charge in [0.05, 0.1) is 6.04 Å². The quantitative estimate of drug-likeness (QED) is 0.525. The highest BCUT2D eigenvalue weighted by Gasteiger charge is 2.27. The molecule has 0 bridgehead atoms. The molecule has 1 fully saturated rings. The van der Waals surface area contributed by atoms with Gasteiger partial charge in [0.25, 0.3) is 0 Å². The van der Waals surface area contributed by atoms with E-state index in [2.05, 4.69) is 0 Å². The summed E-state index contributed by atoms with van der Waals surface area (Å²) >= 11 is 0. The number of amides is 1. The molecule has 1 aliphatic heterocycles. The van der Waals surface area contributed by atoms with E-state index in [1.54, 1.807) is 11.9 Å². The number of carbonyl (C=O) groups excluding carboxylic acids is 1. The highest BCUT2D eigenvalue weighted by atomic mass is 16.6. The molecule has 0 unspecified atom stereocenters. The molecule has 52 valence electrons. The topological polar surface area (TPSA) is 29.5 Å².